The van der Waals surface area contributed by atoms with Gasteiger partial charge in [0.25, 0.3) is 0 Å². The first-order valence-electron chi connectivity index (χ1n) is 10.4. The number of pyridine rings is 1. The molecule has 7 heteroatoms. The van der Waals surface area contributed by atoms with Crippen LogP contribution in [0.25, 0.3) is 16.6 Å². The minimum atomic E-state index is -1.22. The molecular weight excluding hydrogens is 396 g/mol. The standard InChI is InChI=1S/C24H26N2O5/c1-5-16-17-9-15(28)7-8-20(17)25-22-18(16)11-26(13-27)21(22)10-19-14(3)12-31-23(29)24(19,6-2)30-4/h7-10,13,28H,5-6,11-12H2,1-4H3/b21-10-. The molecular formula is C24H26N2O5. The molecule has 0 saturated carbocycles. The van der Waals surface area contributed by atoms with Gasteiger partial charge in [-0.15, -0.1) is 0 Å². The number of cyclic esters (lactones) is 1. The van der Waals surface area contributed by atoms with Crippen LogP contribution in [-0.2, 0) is 32.0 Å². The van der Waals surface area contributed by atoms with Crippen molar-refractivity contribution >= 4 is 29.0 Å². The monoisotopic (exact) mass is 422 g/mol. The summed E-state index contributed by atoms with van der Waals surface area (Å²) in [6.07, 6.45) is 3.77. The van der Waals surface area contributed by atoms with Crippen LogP contribution < -0.4 is 0 Å². The van der Waals surface area contributed by atoms with Gasteiger partial charge in [-0.05, 0) is 60.8 Å². The van der Waals surface area contributed by atoms with Crippen LogP contribution >= 0.6 is 0 Å². The van der Waals surface area contributed by atoms with Gasteiger partial charge in [-0.25, -0.2) is 9.78 Å². The lowest BCUT2D eigenvalue weighted by Gasteiger charge is -2.35. The molecule has 7 nitrogen and oxygen atoms in total. The Balaban J connectivity index is 1.98. The minimum absolute atomic E-state index is 0.180. The van der Waals surface area contributed by atoms with E-state index in [2.05, 4.69) is 0 Å². The molecule has 0 bridgehead atoms. The smallest absolute Gasteiger partial charge is 0.343 e. The van der Waals surface area contributed by atoms with Crippen LogP contribution in [0, 0.1) is 0 Å². The average molecular weight is 422 g/mol. The topological polar surface area (TPSA) is 89.0 Å². The predicted molar refractivity (Wildman–Crippen MR) is 116 cm³/mol. The number of benzene rings is 1. The van der Waals surface area contributed by atoms with Crippen LogP contribution in [0.3, 0.4) is 0 Å². The first kappa shape index (κ1) is 21.1. The summed E-state index contributed by atoms with van der Waals surface area (Å²) in [4.78, 5) is 31.1. The molecule has 1 amide bonds. The second kappa shape index (κ2) is 7.81. The molecule has 31 heavy (non-hydrogen) atoms. The number of nitrogens with zero attached hydrogens (tertiary/aromatic N) is 2. The highest BCUT2D eigenvalue weighted by atomic mass is 16.6. The summed E-state index contributed by atoms with van der Waals surface area (Å²) in [5.74, 6) is -0.249. The van der Waals surface area contributed by atoms with E-state index in [1.54, 1.807) is 23.1 Å². The fraction of sp³-hybridized carbons (Fsp3) is 0.375. The molecule has 2 aliphatic heterocycles. The number of phenolic OH excluding ortho intramolecular Hbond substituents is 1. The van der Waals surface area contributed by atoms with Gasteiger partial charge < -0.3 is 19.5 Å². The van der Waals surface area contributed by atoms with E-state index in [1.807, 2.05) is 26.8 Å². The van der Waals surface area contributed by atoms with E-state index >= 15 is 0 Å². The number of carbonyl (C=O) groups excluding carboxylic acids is 2. The maximum Gasteiger partial charge on any atom is 0.343 e. The zero-order chi connectivity index (χ0) is 22.3. The number of hydrogen-bond acceptors (Lipinski definition) is 6. The molecule has 3 heterocycles. The summed E-state index contributed by atoms with van der Waals surface area (Å²) >= 11 is 0. The lowest BCUT2D eigenvalue weighted by atomic mass is 9.84. The number of methoxy groups -OCH3 is 1. The molecule has 4 rings (SSSR count). The number of aryl methyl sites for hydroxylation is 1. The predicted octanol–water partition coefficient (Wildman–Crippen LogP) is 3.48. The number of esters is 1. The normalized spacial score (nSPS) is 22.3. The van der Waals surface area contributed by atoms with Crippen LogP contribution in [0.1, 0.15) is 44.0 Å². The summed E-state index contributed by atoms with van der Waals surface area (Å²) in [6, 6.07) is 5.10. The SMILES string of the molecule is CCc1c2c(nc3ccc(O)cc13)/C(=C/C1=C(C)COC(=O)C1(CC)OC)N(C=O)C2. The van der Waals surface area contributed by atoms with E-state index in [9.17, 15) is 14.7 Å². The van der Waals surface area contributed by atoms with Gasteiger partial charge in [-0.2, -0.15) is 0 Å². The number of hydrogen-bond donors (Lipinski definition) is 1. The van der Waals surface area contributed by atoms with Gasteiger partial charge in [0.2, 0.25) is 6.41 Å². The third kappa shape index (κ3) is 3.11. The molecule has 1 unspecified atom stereocenters. The molecule has 0 spiro atoms. The van der Waals surface area contributed by atoms with Crippen molar-refractivity contribution in [1.29, 1.82) is 0 Å². The first-order chi connectivity index (χ1) is 14.9. The summed E-state index contributed by atoms with van der Waals surface area (Å²) in [5, 5.41) is 10.8. The molecule has 1 N–H and O–H groups in total. The highest BCUT2D eigenvalue weighted by Gasteiger charge is 2.46. The van der Waals surface area contributed by atoms with Crippen molar-refractivity contribution in [3.8, 4) is 5.75 Å². The number of amides is 1. The second-order valence-electron chi connectivity index (χ2n) is 7.89. The van der Waals surface area contributed by atoms with E-state index in [-0.39, 0.29) is 12.4 Å². The first-order valence-corrected chi connectivity index (χ1v) is 10.4. The zero-order valence-corrected chi connectivity index (χ0v) is 18.2. The van der Waals surface area contributed by atoms with Crippen LogP contribution in [-0.4, -0.2) is 46.7 Å². The molecule has 1 aromatic carbocycles. The molecule has 2 aromatic rings. The molecule has 0 aliphatic carbocycles. The van der Waals surface area contributed by atoms with Crippen LogP contribution in [0.4, 0.5) is 0 Å². The van der Waals surface area contributed by atoms with Gasteiger partial charge >= 0.3 is 5.97 Å². The summed E-state index contributed by atoms with van der Waals surface area (Å²) in [5.41, 5.74) is 4.45. The molecule has 1 atom stereocenters. The van der Waals surface area contributed by atoms with Gasteiger partial charge in [0.1, 0.15) is 12.4 Å². The third-order valence-electron chi connectivity index (χ3n) is 6.32. The van der Waals surface area contributed by atoms with E-state index in [1.165, 1.54) is 7.11 Å². The Bertz CT molecular complexity index is 1140. The lowest BCUT2D eigenvalue weighted by molar-refractivity contribution is -0.166. The van der Waals surface area contributed by atoms with E-state index < -0.39 is 11.6 Å². The van der Waals surface area contributed by atoms with E-state index in [0.717, 1.165) is 40.4 Å². The minimum Gasteiger partial charge on any atom is -0.508 e. The molecule has 2 aliphatic rings. The molecule has 1 aromatic heterocycles. The summed E-state index contributed by atoms with van der Waals surface area (Å²) in [7, 11) is 1.50. The number of rotatable bonds is 5. The van der Waals surface area contributed by atoms with Crippen molar-refractivity contribution in [1.82, 2.24) is 9.88 Å². The van der Waals surface area contributed by atoms with Crippen molar-refractivity contribution in [3.05, 3.63) is 52.2 Å². The highest BCUT2D eigenvalue weighted by Crippen LogP contribution is 2.41. The van der Waals surface area contributed by atoms with Gasteiger partial charge in [0, 0.05) is 18.1 Å². The Kier molecular flexibility index (Phi) is 5.31. The van der Waals surface area contributed by atoms with Crippen molar-refractivity contribution < 1.29 is 24.2 Å². The van der Waals surface area contributed by atoms with Gasteiger partial charge in [-0.3, -0.25) is 4.79 Å². The van der Waals surface area contributed by atoms with Crippen molar-refractivity contribution in [2.24, 2.45) is 0 Å². The zero-order valence-electron chi connectivity index (χ0n) is 18.2. The number of aromatic hydroxyl groups is 1. The fourth-order valence-electron chi connectivity index (χ4n) is 4.65. The fourth-order valence-corrected chi connectivity index (χ4v) is 4.65. The second-order valence-corrected chi connectivity index (χ2v) is 7.89. The Labute approximate surface area is 181 Å². The quantitative estimate of drug-likeness (QED) is 0.586. The Hall–Kier alpha value is -3.19. The number of phenols is 1. The van der Waals surface area contributed by atoms with E-state index in [0.29, 0.717) is 29.9 Å². The van der Waals surface area contributed by atoms with E-state index in [4.69, 9.17) is 14.5 Å². The number of aromatic nitrogens is 1. The highest BCUT2D eigenvalue weighted by molar-refractivity contribution is 5.92. The van der Waals surface area contributed by atoms with Crippen LogP contribution in [0.2, 0.25) is 0 Å². The van der Waals surface area contributed by atoms with Crippen molar-refractivity contribution in [2.75, 3.05) is 13.7 Å². The lowest BCUT2D eigenvalue weighted by Crippen LogP contribution is -2.47. The third-order valence-corrected chi connectivity index (χ3v) is 6.32. The maximum absolute atomic E-state index is 12.7. The Morgan fingerprint density at radius 2 is 2.13 bits per heavy atom. The van der Waals surface area contributed by atoms with Gasteiger partial charge in [0.05, 0.1) is 23.5 Å². The van der Waals surface area contributed by atoms with Gasteiger partial charge in [0.15, 0.2) is 5.60 Å². The van der Waals surface area contributed by atoms with Crippen LogP contribution in [0.15, 0.2) is 35.4 Å². The molecule has 0 saturated heterocycles. The average Bonchev–Trinajstić information content (AvgIpc) is 3.12. The van der Waals surface area contributed by atoms with Crippen molar-refractivity contribution in [3.63, 3.8) is 0 Å². The Morgan fingerprint density at radius 3 is 2.77 bits per heavy atom. The molecule has 162 valence electrons. The number of ether oxygens (including phenoxy) is 2. The van der Waals surface area contributed by atoms with Crippen molar-refractivity contribution in [2.45, 2.75) is 45.8 Å². The number of fused-ring (bicyclic) bond motifs is 2. The molecule has 0 fully saturated rings. The molecule has 0 radical (unpaired) electrons. The van der Waals surface area contributed by atoms with Crippen LogP contribution in [0.5, 0.6) is 5.75 Å². The largest absolute Gasteiger partial charge is 0.508 e. The number of carbonyl (C=O) groups is 2. The van der Waals surface area contributed by atoms with Gasteiger partial charge in [-0.1, -0.05) is 13.8 Å². The summed E-state index contributed by atoms with van der Waals surface area (Å²) < 4.78 is 11.0. The summed E-state index contributed by atoms with van der Waals surface area (Å²) in [6.45, 7) is 6.38. The maximum atomic E-state index is 12.7. The Morgan fingerprint density at radius 1 is 1.35 bits per heavy atom.